The van der Waals surface area contributed by atoms with E-state index in [1.807, 2.05) is 0 Å². The minimum absolute atomic E-state index is 0.00235. The number of carboxylic acids is 1. The molecule has 4 N–H and O–H groups in total. The summed E-state index contributed by atoms with van der Waals surface area (Å²) in [6.45, 7) is 1.40. The summed E-state index contributed by atoms with van der Waals surface area (Å²) in [4.78, 5) is 23.1. The third kappa shape index (κ3) is 5.69. The molecule has 0 spiro atoms. The van der Waals surface area contributed by atoms with Gasteiger partial charge in [-0.05, 0) is 74.7 Å². The molecular formula is C18H17Br2NO6. The molecule has 0 heterocycles. The number of halogens is 2. The van der Waals surface area contributed by atoms with Crippen molar-refractivity contribution in [2.75, 3.05) is 6.61 Å². The zero-order chi connectivity index (χ0) is 20.1. The van der Waals surface area contributed by atoms with Crippen LogP contribution in [0.2, 0.25) is 0 Å². The average Bonchev–Trinajstić information content (AvgIpc) is 2.58. The lowest BCUT2D eigenvalue weighted by atomic mass is 10.1. The first-order valence-corrected chi connectivity index (χ1v) is 9.42. The summed E-state index contributed by atoms with van der Waals surface area (Å²) in [5, 5.41) is 30.4. The summed E-state index contributed by atoms with van der Waals surface area (Å²) in [5.74, 6) is -1.03. The third-order valence-corrected chi connectivity index (χ3v) is 4.68. The number of ether oxygens (including phenoxy) is 1. The smallest absolute Gasteiger partial charge is 0.307 e. The summed E-state index contributed by atoms with van der Waals surface area (Å²) in [6.07, 6.45) is -0.135. The summed E-state index contributed by atoms with van der Waals surface area (Å²) < 4.78 is 6.85. The Morgan fingerprint density at radius 3 is 2.37 bits per heavy atom. The van der Waals surface area contributed by atoms with Crippen LogP contribution in [0.4, 0.5) is 0 Å². The fourth-order valence-electron chi connectivity index (χ4n) is 2.21. The summed E-state index contributed by atoms with van der Waals surface area (Å²) in [7, 11) is 0. The average molecular weight is 503 g/mol. The fourth-order valence-corrected chi connectivity index (χ4v) is 3.66. The van der Waals surface area contributed by atoms with Crippen LogP contribution in [0.1, 0.15) is 22.8 Å². The number of phenolic OH excluding ortho intramolecular Hbond substituents is 1. The molecule has 0 aliphatic carbocycles. The van der Waals surface area contributed by atoms with Gasteiger partial charge in [-0.1, -0.05) is 0 Å². The quantitative estimate of drug-likeness (QED) is 0.461. The number of benzene rings is 2. The Kier molecular flexibility index (Phi) is 7.23. The lowest BCUT2D eigenvalue weighted by Gasteiger charge is -2.14. The van der Waals surface area contributed by atoms with E-state index in [2.05, 4.69) is 37.2 Å². The van der Waals surface area contributed by atoms with E-state index in [9.17, 15) is 14.7 Å². The molecule has 0 saturated heterocycles. The van der Waals surface area contributed by atoms with Gasteiger partial charge in [0, 0.05) is 6.04 Å². The molecule has 0 aromatic heterocycles. The Labute approximate surface area is 172 Å². The topological polar surface area (TPSA) is 116 Å². The largest absolute Gasteiger partial charge is 0.507 e. The van der Waals surface area contributed by atoms with E-state index in [1.54, 1.807) is 19.1 Å². The number of hydrogen-bond donors (Lipinski definition) is 4. The van der Waals surface area contributed by atoms with E-state index in [0.29, 0.717) is 26.0 Å². The van der Waals surface area contributed by atoms with Crippen LogP contribution >= 0.6 is 31.9 Å². The Bertz CT molecular complexity index is 848. The Hall–Kier alpha value is -2.10. The van der Waals surface area contributed by atoms with Crippen molar-refractivity contribution < 1.29 is 29.6 Å². The molecule has 2 aromatic carbocycles. The highest BCUT2D eigenvalue weighted by Crippen LogP contribution is 2.38. The van der Waals surface area contributed by atoms with E-state index in [-0.39, 0.29) is 24.3 Å². The normalized spacial score (nSPS) is 11.7. The van der Waals surface area contributed by atoms with Gasteiger partial charge in [0.15, 0.2) is 5.75 Å². The zero-order valence-electron chi connectivity index (χ0n) is 14.2. The summed E-state index contributed by atoms with van der Waals surface area (Å²) in [5.41, 5.74) is 0.583. The maximum atomic E-state index is 12.2. The molecule has 0 saturated carbocycles. The number of aromatic hydroxyl groups is 1. The minimum atomic E-state index is -0.950. The first-order valence-electron chi connectivity index (χ1n) is 7.83. The third-order valence-electron chi connectivity index (χ3n) is 3.50. The number of carbonyl (C=O) groups is 2. The van der Waals surface area contributed by atoms with Crippen LogP contribution in [0.5, 0.6) is 17.2 Å². The second-order valence-electron chi connectivity index (χ2n) is 5.80. The number of carboxylic acid groups (broad SMARTS) is 1. The predicted octanol–water partition coefficient (Wildman–Crippen LogP) is 3.45. The lowest BCUT2D eigenvalue weighted by molar-refractivity contribution is -0.136. The second-order valence-corrected chi connectivity index (χ2v) is 7.51. The first-order chi connectivity index (χ1) is 12.7. The lowest BCUT2D eigenvalue weighted by Crippen LogP contribution is -2.35. The number of nitrogens with one attached hydrogen (secondary N) is 1. The number of aliphatic carboxylic acids is 1. The van der Waals surface area contributed by atoms with Crippen LogP contribution in [-0.4, -0.2) is 39.8 Å². The SMILES string of the molecule is C[C@H](CO)NC(=O)c1cc(Oc2c(Br)cc(CC(=O)O)cc2Br)ccc1O. The van der Waals surface area contributed by atoms with Crippen molar-refractivity contribution in [3.8, 4) is 17.2 Å². The van der Waals surface area contributed by atoms with Gasteiger partial charge >= 0.3 is 5.97 Å². The zero-order valence-corrected chi connectivity index (χ0v) is 17.4. The molecule has 0 aliphatic heterocycles. The van der Waals surface area contributed by atoms with Crippen molar-refractivity contribution in [3.63, 3.8) is 0 Å². The van der Waals surface area contributed by atoms with E-state index in [1.165, 1.54) is 18.2 Å². The monoisotopic (exact) mass is 501 g/mol. The number of amides is 1. The van der Waals surface area contributed by atoms with Gasteiger partial charge in [0.1, 0.15) is 11.5 Å². The number of carbonyl (C=O) groups excluding carboxylic acids is 1. The highest BCUT2D eigenvalue weighted by molar-refractivity contribution is 9.11. The van der Waals surface area contributed by atoms with Crippen LogP contribution in [-0.2, 0) is 11.2 Å². The summed E-state index contributed by atoms with van der Waals surface area (Å²) in [6, 6.07) is 6.99. The number of phenols is 1. The van der Waals surface area contributed by atoms with Gasteiger partial charge in [0.2, 0.25) is 0 Å². The van der Waals surface area contributed by atoms with Gasteiger partial charge in [0.25, 0.3) is 5.91 Å². The summed E-state index contributed by atoms with van der Waals surface area (Å²) >= 11 is 6.69. The van der Waals surface area contributed by atoms with Crippen LogP contribution in [0, 0.1) is 0 Å². The highest BCUT2D eigenvalue weighted by atomic mass is 79.9. The molecule has 1 amide bonds. The molecule has 0 aliphatic rings. The van der Waals surface area contributed by atoms with Gasteiger partial charge < -0.3 is 25.4 Å². The molecule has 0 fully saturated rings. The second kappa shape index (κ2) is 9.20. The van der Waals surface area contributed by atoms with Crippen LogP contribution in [0.25, 0.3) is 0 Å². The van der Waals surface area contributed by atoms with Gasteiger partial charge in [-0.2, -0.15) is 0 Å². The van der Waals surface area contributed by atoms with Crippen molar-refractivity contribution in [2.24, 2.45) is 0 Å². The van der Waals surface area contributed by atoms with E-state index < -0.39 is 17.9 Å². The molecule has 144 valence electrons. The highest BCUT2D eigenvalue weighted by Gasteiger charge is 2.17. The molecule has 2 aromatic rings. The first kappa shape index (κ1) is 21.2. The molecule has 7 nitrogen and oxygen atoms in total. The van der Waals surface area contributed by atoms with Gasteiger partial charge in [-0.15, -0.1) is 0 Å². The van der Waals surface area contributed by atoms with Gasteiger partial charge in [-0.25, -0.2) is 0 Å². The Morgan fingerprint density at radius 1 is 1.19 bits per heavy atom. The molecule has 0 unspecified atom stereocenters. The molecular weight excluding hydrogens is 486 g/mol. The van der Waals surface area contributed by atoms with Crippen molar-refractivity contribution in [2.45, 2.75) is 19.4 Å². The maximum absolute atomic E-state index is 12.2. The van der Waals surface area contributed by atoms with Crippen molar-refractivity contribution in [1.29, 1.82) is 0 Å². The maximum Gasteiger partial charge on any atom is 0.307 e. The van der Waals surface area contributed by atoms with Gasteiger partial charge in [0.05, 0.1) is 27.5 Å². The Balaban J connectivity index is 2.29. The Morgan fingerprint density at radius 2 is 1.81 bits per heavy atom. The fraction of sp³-hybridized carbons (Fsp3) is 0.222. The molecule has 0 bridgehead atoms. The van der Waals surface area contributed by atoms with Crippen LogP contribution < -0.4 is 10.1 Å². The van der Waals surface area contributed by atoms with E-state index >= 15 is 0 Å². The van der Waals surface area contributed by atoms with Crippen LogP contribution in [0.3, 0.4) is 0 Å². The van der Waals surface area contributed by atoms with E-state index in [0.717, 1.165) is 0 Å². The molecule has 1 atom stereocenters. The number of aliphatic hydroxyl groups is 1. The van der Waals surface area contributed by atoms with Crippen LogP contribution in [0.15, 0.2) is 39.3 Å². The van der Waals surface area contributed by atoms with Gasteiger partial charge in [-0.3, -0.25) is 9.59 Å². The standard InChI is InChI=1S/C18H17Br2NO6/c1-9(8-22)21-18(26)12-7-11(2-3-15(12)23)27-17-13(19)4-10(5-14(17)20)6-16(24)25/h2-5,7,9,22-23H,6,8H2,1H3,(H,21,26)(H,24,25)/t9-/m1/s1. The molecule has 0 radical (unpaired) electrons. The number of aliphatic hydroxyl groups excluding tert-OH is 1. The van der Waals surface area contributed by atoms with E-state index in [4.69, 9.17) is 14.9 Å². The van der Waals surface area contributed by atoms with Crippen molar-refractivity contribution in [1.82, 2.24) is 5.32 Å². The molecule has 2 rings (SSSR count). The predicted molar refractivity (Wildman–Crippen MR) is 105 cm³/mol. The molecule has 9 heteroatoms. The number of hydrogen-bond acceptors (Lipinski definition) is 5. The molecule has 27 heavy (non-hydrogen) atoms. The minimum Gasteiger partial charge on any atom is -0.507 e. The van der Waals surface area contributed by atoms with Crippen molar-refractivity contribution in [3.05, 3.63) is 50.4 Å². The van der Waals surface area contributed by atoms with Crippen molar-refractivity contribution >= 4 is 43.7 Å². The number of rotatable bonds is 7.